The van der Waals surface area contributed by atoms with E-state index in [4.69, 9.17) is 0 Å². The Morgan fingerprint density at radius 2 is 1.54 bits per heavy atom. The SMILES string of the molecule is Cc1ccc(C)c(N(C(C)C(=O)NC(C)c2ccc(C)c(C)c2)S(C)(=O)=O)c1. The van der Waals surface area contributed by atoms with Crippen molar-refractivity contribution >= 4 is 21.6 Å². The van der Waals surface area contributed by atoms with Gasteiger partial charge >= 0.3 is 0 Å². The molecule has 0 aliphatic rings. The number of amides is 1. The average Bonchev–Trinajstić information content (AvgIpc) is 2.59. The minimum absolute atomic E-state index is 0.228. The largest absolute Gasteiger partial charge is 0.348 e. The molecule has 2 atom stereocenters. The van der Waals surface area contributed by atoms with Gasteiger partial charge in [-0.25, -0.2) is 8.42 Å². The Balaban J connectivity index is 2.31. The summed E-state index contributed by atoms with van der Waals surface area (Å²) in [6.07, 6.45) is 1.13. The summed E-state index contributed by atoms with van der Waals surface area (Å²) in [4.78, 5) is 12.9. The first-order valence-corrected chi connectivity index (χ1v) is 11.2. The molecule has 6 heteroatoms. The lowest BCUT2D eigenvalue weighted by atomic mass is 10.0. The molecule has 0 bridgehead atoms. The third-order valence-electron chi connectivity index (χ3n) is 5.08. The lowest BCUT2D eigenvalue weighted by molar-refractivity contribution is -0.122. The molecule has 0 spiro atoms. The fourth-order valence-corrected chi connectivity index (χ4v) is 4.41. The van der Waals surface area contributed by atoms with Crippen molar-refractivity contribution in [3.8, 4) is 0 Å². The minimum Gasteiger partial charge on any atom is -0.348 e. The van der Waals surface area contributed by atoms with E-state index in [0.717, 1.165) is 28.5 Å². The van der Waals surface area contributed by atoms with E-state index in [2.05, 4.69) is 5.32 Å². The van der Waals surface area contributed by atoms with Crippen molar-refractivity contribution < 1.29 is 13.2 Å². The van der Waals surface area contributed by atoms with Crippen molar-refractivity contribution in [3.63, 3.8) is 0 Å². The zero-order valence-corrected chi connectivity index (χ0v) is 18.5. The van der Waals surface area contributed by atoms with E-state index >= 15 is 0 Å². The maximum Gasteiger partial charge on any atom is 0.244 e. The Kier molecular flexibility index (Phi) is 6.55. The molecule has 0 heterocycles. The van der Waals surface area contributed by atoms with Crippen molar-refractivity contribution in [2.75, 3.05) is 10.6 Å². The van der Waals surface area contributed by atoms with Crippen molar-refractivity contribution in [3.05, 3.63) is 64.2 Å². The second-order valence-electron chi connectivity index (χ2n) is 7.60. The molecule has 1 amide bonds. The summed E-state index contributed by atoms with van der Waals surface area (Å²) in [5.41, 5.74) is 5.60. The molecule has 1 N–H and O–H groups in total. The van der Waals surface area contributed by atoms with Gasteiger partial charge in [0.25, 0.3) is 0 Å². The highest BCUT2D eigenvalue weighted by Crippen LogP contribution is 2.27. The molecule has 0 radical (unpaired) electrons. The number of rotatable bonds is 6. The smallest absolute Gasteiger partial charge is 0.244 e. The molecule has 2 unspecified atom stereocenters. The zero-order valence-electron chi connectivity index (χ0n) is 17.7. The second-order valence-corrected chi connectivity index (χ2v) is 9.46. The Labute approximate surface area is 168 Å². The summed E-state index contributed by atoms with van der Waals surface area (Å²) in [5, 5.41) is 2.95. The number of benzene rings is 2. The number of hydrogen-bond donors (Lipinski definition) is 1. The molecule has 28 heavy (non-hydrogen) atoms. The van der Waals surface area contributed by atoms with Crippen LogP contribution in [0.15, 0.2) is 36.4 Å². The maximum atomic E-state index is 12.9. The van der Waals surface area contributed by atoms with E-state index in [1.165, 1.54) is 9.87 Å². The Bertz CT molecular complexity index is 983. The fourth-order valence-electron chi connectivity index (χ4n) is 3.19. The van der Waals surface area contributed by atoms with Crippen LogP contribution in [0.4, 0.5) is 5.69 Å². The number of anilines is 1. The summed E-state index contributed by atoms with van der Waals surface area (Å²) in [6.45, 7) is 11.3. The Hall–Kier alpha value is -2.34. The highest BCUT2D eigenvalue weighted by atomic mass is 32.2. The number of nitrogens with zero attached hydrogens (tertiary/aromatic N) is 1. The van der Waals surface area contributed by atoms with Crippen LogP contribution in [0.3, 0.4) is 0 Å². The first-order chi connectivity index (χ1) is 12.9. The fraction of sp³-hybridized carbons (Fsp3) is 0.409. The number of carbonyl (C=O) groups is 1. The van der Waals surface area contributed by atoms with E-state index in [-0.39, 0.29) is 11.9 Å². The predicted molar refractivity (Wildman–Crippen MR) is 115 cm³/mol. The lowest BCUT2D eigenvalue weighted by Crippen LogP contribution is -2.48. The maximum absolute atomic E-state index is 12.9. The average molecular weight is 403 g/mol. The van der Waals surface area contributed by atoms with Crippen molar-refractivity contribution in [1.82, 2.24) is 5.32 Å². The van der Waals surface area contributed by atoms with Gasteiger partial charge in [-0.15, -0.1) is 0 Å². The Morgan fingerprint density at radius 1 is 0.929 bits per heavy atom. The van der Waals surface area contributed by atoms with E-state index in [0.29, 0.717) is 5.69 Å². The molecule has 0 aliphatic carbocycles. The van der Waals surface area contributed by atoms with Gasteiger partial charge in [-0.1, -0.05) is 30.3 Å². The van der Waals surface area contributed by atoms with Crippen LogP contribution >= 0.6 is 0 Å². The summed E-state index contributed by atoms with van der Waals surface area (Å²) in [6, 6.07) is 10.5. The van der Waals surface area contributed by atoms with Crippen molar-refractivity contribution in [2.45, 2.75) is 53.6 Å². The van der Waals surface area contributed by atoms with E-state index in [1.54, 1.807) is 13.0 Å². The van der Waals surface area contributed by atoms with Crippen LogP contribution in [-0.4, -0.2) is 26.6 Å². The number of sulfonamides is 1. The quantitative estimate of drug-likeness (QED) is 0.795. The molecular weight excluding hydrogens is 372 g/mol. The van der Waals surface area contributed by atoms with Crippen molar-refractivity contribution in [2.24, 2.45) is 0 Å². The minimum atomic E-state index is -3.64. The first kappa shape index (κ1) is 22.0. The van der Waals surface area contributed by atoms with Gasteiger partial charge in [0, 0.05) is 0 Å². The summed E-state index contributed by atoms with van der Waals surface area (Å²) in [7, 11) is -3.64. The lowest BCUT2D eigenvalue weighted by Gasteiger charge is -2.30. The highest BCUT2D eigenvalue weighted by Gasteiger charge is 2.30. The first-order valence-electron chi connectivity index (χ1n) is 9.36. The molecule has 0 aromatic heterocycles. The predicted octanol–water partition coefficient (Wildman–Crippen LogP) is 3.95. The number of carbonyl (C=O) groups excluding carboxylic acids is 1. The molecule has 0 fully saturated rings. The van der Waals surface area contributed by atoms with E-state index in [1.807, 2.05) is 65.0 Å². The van der Waals surface area contributed by atoms with Crippen LogP contribution in [0.25, 0.3) is 0 Å². The number of nitrogens with one attached hydrogen (secondary N) is 1. The van der Waals surface area contributed by atoms with Crippen LogP contribution in [0.1, 0.15) is 47.7 Å². The standard InChI is InChI=1S/C22H30N2O3S/c1-14-8-9-16(3)21(12-14)24(28(7,26)27)19(6)22(25)23-18(5)20-11-10-15(2)17(4)13-20/h8-13,18-19H,1-7H3,(H,23,25). The highest BCUT2D eigenvalue weighted by molar-refractivity contribution is 7.92. The topological polar surface area (TPSA) is 66.5 Å². The van der Waals surface area contributed by atoms with Gasteiger partial charge in [0.1, 0.15) is 6.04 Å². The molecular formula is C22H30N2O3S. The molecule has 5 nitrogen and oxygen atoms in total. The third kappa shape index (κ3) is 4.93. The number of hydrogen-bond acceptors (Lipinski definition) is 3. The van der Waals surface area contributed by atoms with Gasteiger partial charge in [0.15, 0.2) is 0 Å². The molecule has 2 aromatic rings. The van der Waals surface area contributed by atoms with Crippen LogP contribution in [0.5, 0.6) is 0 Å². The van der Waals surface area contributed by atoms with Gasteiger partial charge in [0.2, 0.25) is 15.9 Å². The van der Waals surface area contributed by atoms with E-state index < -0.39 is 16.1 Å². The van der Waals surface area contributed by atoms with Gasteiger partial charge < -0.3 is 5.32 Å². The number of aryl methyl sites for hydroxylation is 4. The summed E-state index contributed by atoms with van der Waals surface area (Å²) in [5.74, 6) is -0.336. The second kappa shape index (κ2) is 8.35. The zero-order chi connectivity index (χ0) is 21.2. The third-order valence-corrected chi connectivity index (χ3v) is 6.31. The summed E-state index contributed by atoms with van der Waals surface area (Å²) >= 11 is 0. The van der Waals surface area contributed by atoms with E-state index in [9.17, 15) is 13.2 Å². The van der Waals surface area contributed by atoms with Crippen LogP contribution in [0.2, 0.25) is 0 Å². The molecule has 2 rings (SSSR count). The van der Waals surface area contributed by atoms with Crippen LogP contribution in [0, 0.1) is 27.7 Å². The van der Waals surface area contributed by atoms with Crippen LogP contribution < -0.4 is 9.62 Å². The van der Waals surface area contributed by atoms with Gasteiger partial charge in [-0.05, 0) is 75.4 Å². The molecule has 0 aliphatic heterocycles. The summed E-state index contributed by atoms with van der Waals surface area (Å²) < 4.78 is 26.3. The van der Waals surface area contributed by atoms with Crippen molar-refractivity contribution in [1.29, 1.82) is 0 Å². The van der Waals surface area contributed by atoms with Gasteiger partial charge in [-0.3, -0.25) is 9.10 Å². The molecule has 0 saturated carbocycles. The Morgan fingerprint density at radius 3 is 2.11 bits per heavy atom. The monoisotopic (exact) mass is 402 g/mol. The molecule has 0 saturated heterocycles. The molecule has 2 aromatic carbocycles. The van der Waals surface area contributed by atoms with Crippen LogP contribution in [-0.2, 0) is 14.8 Å². The molecule has 152 valence electrons. The van der Waals surface area contributed by atoms with Gasteiger partial charge in [0.05, 0.1) is 18.0 Å². The van der Waals surface area contributed by atoms with Gasteiger partial charge in [-0.2, -0.15) is 0 Å². The normalized spacial score (nSPS) is 13.7.